The predicted molar refractivity (Wildman–Crippen MR) is 88.5 cm³/mol. The van der Waals surface area contributed by atoms with Gasteiger partial charge in [-0.2, -0.15) is 0 Å². The van der Waals surface area contributed by atoms with Gasteiger partial charge >= 0.3 is 0 Å². The van der Waals surface area contributed by atoms with E-state index in [2.05, 4.69) is 71.2 Å². The lowest BCUT2D eigenvalue weighted by Gasteiger charge is -2.27. The van der Waals surface area contributed by atoms with Crippen LogP contribution in [0.15, 0.2) is 24.3 Å². The fraction of sp³-hybridized carbons (Fsp3) is 0.600. The molecule has 0 aliphatic carbocycles. The average molecular weight is 297 g/mol. The molecule has 0 aliphatic rings. The first-order valence-corrected chi connectivity index (χ1v) is 12.9. The van der Waals surface area contributed by atoms with Crippen LogP contribution in [0.4, 0.5) is 0 Å². The highest BCUT2D eigenvalue weighted by Gasteiger charge is 2.29. The predicted octanol–water partition coefficient (Wildman–Crippen LogP) is 2.97. The summed E-state index contributed by atoms with van der Waals surface area (Å²) in [5.41, 5.74) is 0. The van der Waals surface area contributed by atoms with Crippen molar-refractivity contribution in [2.75, 3.05) is 6.61 Å². The third kappa shape index (κ3) is 4.56. The molecule has 4 heteroatoms. The highest BCUT2D eigenvalue weighted by atomic mass is 28.4. The van der Waals surface area contributed by atoms with Crippen molar-refractivity contribution in [2.45, 2.75) is 53.1 Å². The van der Waals surface area contributed by atoms with E-state index in [1.165, 1.54) is 10.4 Å². The van der Waals surface area contributed by atoms with E-state index in [-0.39, 0.29) is 6.10 Å². The molecule has 0 fully saturated rings. The third-order valence-electron chi connectivity index (χ3n) is 3.31. The quantitative estimate of drug-likeness (QED) is 0.751. The van der Waals surface area contributed by atoms with Crippen LogP contribution in [0, 0.1) is 0 Å². The van der Waals surface area contributed by atoms with Crippen molar-refractivity contribution in [3.63, 3.8) is 0 Å². The zero-order valence-electron chi connectivity index (χ0n) is 13.4. The van der Waals surface area contributed by atoms with Gasteiger partial charge in [-0.1, -0.05) is 24.3 Å². The van der Waals surface area contributed by atoms with Gasteiger partial charge in [0.1, 0.15) is 0 Å². The average Bonchev–Trinajstić information content (AvgIpc) is 2.27. The van der Waals surface area contributed by atoms with Gasteiger partial charge in [-0.25, -0.2) is 0 Å². The standard InChI is InChI=1S/C15H28O2Si2/c1-8-16-18(4,5)14-9-11-15(12-10-14)19(6,7)17-13(2)3/h9-13H,8H2,1-7H3. The van der Waals surface area contributed by atoms with Gasteiger partial charge in [0, 0.05) is 12.7 Å². The van der Waals surface area contributed by atoms with Crippen LogP contribution in [0.5, 0.6) is 0 Å². The van der Waals surface area contributed by atoms with Crippen molar-refractivity contribution in [2.24, 2.45) is 0 Å². The molecule has 0 bridgehead atoms. The molecule has 19 heavy (non-hydrogen) atoms. The molecule has 0 atom stereocenters. The zero-order chi connectivity index (χ0) is 14.7. The van der Waals surface area contributed by atoms with Gasteiger partial charge in [-0.15, -0.1) is 0 Å². The molecule has 0 aliphatic heterocycles. The molecule has 0 saturated heterocycles. The maximum absolute atomic E-state index is 6.12. The molecule has 1 rings (SSSR count). The van der Waals surface area contributed by atoms with E-state index >= 15 is 0 Å². The minimum absolute atomic E-state index is 0.288. The molecule has 0 spiro atoms. The Morgan fingerprint density at radius 1 is 0.895 bits per heavy atom. The molecule has 0 unspecified atom stereocenters. The van der Waals surface area contributed by atoms with Gasteiger partial charge in [-0.3, -0.25) is 0 Å². The Labute approximate surface area is 120 Å². The first-order valence-electron chi connectivity index (χ1n) is 7.12. The monoisotopic (exact) mass is 296 g/mol. The van der Waals surface area contributed by atoms with Crippen molar-refractivity contribution in [3.05, 3.63) is 24.3 Å². The molecule has 0 radical (unpaired) electrons. The van der Waals surface area contributed by atoms with Crippen LogP contribution >= 0.6 is 0 Å². The Bertz CT molecular complexity index is 397. The lowest BCUT2D eigenvalue weighted by molar-refractivity contribution is 0.238. The lowest BCUT2D eigenvalue weighted by Crippen LogP contribution is -2.49. The first-order chi connectivity index (χ1) is 8.69. The minimum Gasteiger partial charge on any atom is -0.413 e. The number of rotatable bonds is 6. The second-order valence-corrected chi connectivity index (χ2v) is 13.9. The summed E-state index contributed by atoms with van der Waals surface area (Å²) in [4.78, 5) is 0. The molecule has 0 amide bonds. The van der Waals surface area contributed by atoms with Crippen LogP contribution < -0.4 is 10.4 Å². The Morgan fingerprint density at radius 2 is 1.32 bits per heavy atom. The van der Waals surface area contributed by atoms with Gasteiger partial charge in [-0.05, 0) is 57.3 Å². The van der Waals surface area contributed by atoms with E-state index in [4.69, 9.17) is 8.85 Å². The minimum atomic E-state index is -1.77. The summed E-state index contributed by atoms with van der Waals surface area (Å²) < 4.78 is 12.0. The van der Waals surface area contributed by atoms with Gasteiger partial charge in [0.05, 0.1) is 0 Å². The van der Waals surface area contributed by atoms with Crippen LogP contribution in [-0.4, -0.2) is 29.3 Å². The molecule has 1 aromatic carbocycles. The topological polar surface area (TPSA) is 18.5 Å². The van der Waals surface area contributed by atoms with E-state index in [1.54, 1.807) is 0 Å². The molecule has 0 heterocycles. The molecule has 2 nitrogen and oxygen atoms in total. The fourth-order valence-corrected chi connectivity index (χ4v) is 6.52. The van der Waals surface area contributed by atoms with Gasteiger partial charge in [0.2, 0.25) is 16.6 Å². The van der Waals surface area contributed by atoms with Crippen LogP contribution in [0.2, 0.25) is 26.2 Å². The zero-order valence-corrected chi connectivity index (χ0v) is 15.4. The molecule has 0 N–H and O–H groups in total. The SMILES string of the molecule is CCO[Si](C)(C)c1ccc([Si](C)(C)OC(C)C)cc1. The Balaban J connectivity index is 2.93. The molecular formula is C15H28O2Si2. The van der Waals surface area contributed by atoms with Crippen LogP contribution in [0.3, 0.4) is 0 Å². The second-order valence-electron chi connectivity index (χ2n) is 6.20. The summed E-state index contributed by atoms with van der Waals surface area (Å²) in [7, 11) is -3.49. The summed E-state index contributed by atoms with van der Waals surface area (Å²) in [6.07, 6.45) is 0.288. The number of hydrogen-bond donors (Lipinski definition) is 0. The van der Waals surface area contributed by atoms with Gasteiger partial charge in [0.25, 0.3) is 0 Å². The second kappa shape index (κ2) is 6.35. The Hall–Kier alpha value is -0.426. The van der Waals surface area contributed by atoms with Crippen LogP contribution in [0.25, 0.3) is 0 Å². The van der Waals surface area contributed by atoms with Crippen molar-refractivity contribution in [1.29, 1.82) is 0 Å². The summed E-state index contributed by atoms with van der Waals surface area (Å²) in [6, 6.07) is 8.93. The van der Waals surface area contributed by atoms with Crippen molar-refractivity contribution in [3.8, 4) is 0 Å². The van der Waals surface area contributed by atoms with E-state index in [0.29, 0.717) is 0 Å². The highest BCUT2D eigenvalue weighted by Crippen LogP contribution is 2.10. The van der Waals surface area contributed by atoms with Crippen molar-refractivity contribution >= 4 is 27.0 Å². The molecule has 108 valence electrons. The van der Waals surface area contributed by atoms with E-state index in [1.807, 2.05) is 0 Å². The summed E-state index contributed by atoms with van der Waals surface area (Å²) in [5.74, 6) is 0. The number of benzene rings is 1. The Morgan fingerprint density at radius 3 is 1.68 bits per heavy atom. The van der Waals surface area contributed by atoms with Gasteiger partial charge in [0.15, 0.2) is 0 Å². The van der Waals surface area contributed by atoms with Crippen molar-refractivity contribution < 1.29 is 8.85 Å². The van der Waals surface area contributed by atoms with Crippen molar-refractivity contribution in [1.82, 2.24) is 0 Å². The third-order valence-corrected chi connectivity index (χ3v) is 8.83. The smallest absolute Gasteiger partial charge is 0.218 e. The highest BCUT2D eigenvalue weighted by molar-refractivity contribution is 6.86. The molecule has 0 saturated carbocycles. The first kappa shape index (κ1) is 16.6. The molecule has 1 aromatic rings. The summed E-state index contributed by atoms with van der Waals surface area (Å²) >= 11 is 0. The lowest BCUT2D eigenvalue weighted by atomic mass is 10.4. The normalized spacial score (nSPS) is 13.1. The maximum Gasteiger partial charge on any atom is 0.218 e. The maximum atomic E-state index is 6.12. The van der Waals surface area contributed by atoms with E-state index in [9.17, 15) is 0 Å². The van der Waals surface area contributed by atoms with E-state index in [0.717, 1.165) is 6.61 Å². The van der Waals surface area contributed by atoms with Crippen LogP contribution in [0.1, 0.15) is 20.8 Å². The summed E-state index contributed by atoms with van der Waals surface area (Å²) in [6.45, 7) is 16.1. The fourth-order valence-electron chi connectivity index (χ4n) is 2.37. The van der Waals surface area contributed by atoms with Crippen LogP contribution in [-0.2, 0) is 8.85 Å². The van der Waals surface area contributed by atoms with Gasteiger partial charge < -0.3 is 8.85 Å². The number of hydrogen-bond acceptors (Lipinski definition) is 2. The Kier molecular flexibility index (Phi) is 5.56. The molecular weight excluding hydrogens is 268 g/mol. The van der Waals surface area contributed by atoms with E-state index < -0.39 is 16.6 Å². The largest absolute Gasteiger partial charge is 0.413 e. The summed E-state index contributed by atoms with van der Waals surface area (Å²) in [5, 5.41) is 2.71. The molecule has 0 aromatic heterocycles.